The number of nitrogens with one attached hydrogen (secondary N) is 1. The molecule has 1 aliphatic carbocycles. The molecule has 21 heavy (non-hydrogen) atoms. The van der Waals surface area contributed by atoms with Crippen LogP contribution in [0.4, 0.5) is 10.1 Å². The van der Waals surface area contributed by atoms with Crippen molar-refractivity contribution in [3.8, 4) is 0 Å². The summed E-state index contributed by atoms with van der Waals surface area (Å²) in [4.78, 5) is 0. The van der Waals surface area contributed by atoms with E-state index in [4.69, 9.17) is 0 Å². The van der Waals surface area contributed by atoms with Crippen LogP contribution in [0.1, 0.15) is 76.2 Å². The molecule has 1 aromatic carbocycles. The monoisotopic (exact) mass is 291 g/mol. The molecule has 2 heteroatoms. The molecule has 0 amide bonds. The second-order valence-corrected chi connectivity index (χ2v) is 6.56. The van der Waals surface area contributed by atoms with E-state index in [9.17, 15) is 4.39 Å². The Morgan fingerprint density at radius 2 is 1.38 bits per heavy atom. The van der Waals surface area contributed by atoms with E-state index in [1.54, 1.807) is 12.1 Å². The molecule has 0 aromatic heterocycles. The van der Waals surface area contributed by atoms with Crippen molar-refractivity contribution in [1.29, 1.82) is 0 Å². The van der Waals surface area contributed by atoms with Gasteiger partial charge in [0.25, 0.3) is 0 Å². The normalized spacial score (nSPS) is 19.5. The maximum Gasteiger partial charge on any atom is 0.123 e. The zero-order valence-electron chi connectivity index (χ0n) is 13.5. The zero-order chi connectivity index (χ0) is 14.9. The van der Waals surface area contributed by atoms with Crippen LogP contribution in [0.5, 0.6) is 0 Å². The highest BCUT2D eigenvalue weighted by Gasteiger charge is 2.11. The standard InChI is InChI=1S/C19H30FN/c1-16-15-17(20)13-14-19(16)21-18-11-9-7-5-3-2-4-6-8-10-12-18/h13-15,18,21H,2-12H2,1H3. The van der Waals surface area contributed by atoms with Crippen molar-refractivity contribution >= 4 is 5.69 Å². The van der Waals surface area contributed by atoms with E-state index < -0.39 is 0 Å². The number of aryl methyl sites for hydroxylation is 1. The Hall–Kier alpha value is -1.05. The van der Waals surface area contributed by atoms with Crippen LogP contribution in [0.2, 0.25) is 0 Å². The second-order valence-electron chi connectivity index (χ2n) is 6.56. The van der Waals surface area contributed by atoms with E-state index in [1.807, 2.05) is 13.0 Å². The third-order valence-corrected chi connectivity index (χ3v) is 4.65. The van der Waals surface area contributed by atoms with Crippen molar-refractivity contribution in [2.45, 2.75) is 83.6 Å². The van der Waals surface area contributed by atoms with Crippen LogP contribution in [-0.2, 0) is 0 Å². The van der Waals surface area contributed by atoms with Crippen molar-refractivity contribution < 1.29 is 4.39 Å². The molecule has 1 aromatic rings. The van der Waals surface area contributed by atoms with Crippen LogP contribution in [0, 0.1) is 12.7 Å². The van der Waals surface area contributed by atoms with Crippen LogP contribution in [0.25, 0.3) is 0 Å². The predicted octanol–water partition coefficient (Wildman–Crippen LogP) is 6.22. The summed E-state index contributed by atoms with van der Waals surface area (Å²) < 4.78 is 13.2. The largest absolute Gasteiger partial charge is 0.382 e. The highest BCUT2D eigenvalue weighted by molar-refractivity contribution is 5.51. The third-order valence-electron chi connectivity index (χ3n) is 4.65. The molecular weight excluding hydrogens is 261 g/mol. The maximum atomic E-state index is 13.2. The fourth-order valence-corrected chi connectivity index (χ4v) is 3.32. The average Bonchev–Trinajstić information content (AvgIpc) is 2.44. The van der Waals surface area contributed by atoms with E-state index >= 15 is 0 Å². The number of anilines is 1. The Morgan fingerprint density at radius 3 is 1.90 bits per heavy atom. The molecule has 1 N–H and O–H groups in total. The molecule has 1 nitrogen and oxygen atoms in total. The Kier molecular flexibility index (Phi) is 7.05. The number of hydrogen-bond donors (Lipinski definition) is 1. The predicted molar refractivity (Wildman–Crippen MR) is 89.3 cm³/mol. The van der Waals surface area contributed by atoms with Crippen LogP contribution < -0.4 is 5.32 Å². The van der Waals surface area contributed by atoms with Crippen molar-refractivity contribution in [1.82, 2.24) is 0 Å². The Labute approximate surface area is 129 Å². The summed E-state index contributed by atoms with van der Waals surface area (Å²) in [6.45, 7) is 1.99. The highest BCUT2D eigenvalue weighted by Crippen LogP contribution is 2.22. The molecule has 0 radical (unpaired) electrons. The lowest BCUT2D eigenvalue weighted by atomic mass is 9.97. The lowest BCUT2D eigenvalue weighted by Crippen LogP contribution is -2.20. The summed E-state index contributed by atoms with van der Waals surface area (Å²) in [6, 6.07) is 5.62. The fourth-order valence-electron chi connectivity index (χ4n) is 3.32. The quantitative estimate of drug-likeness (QED) is 0.682. The smallest absolute Gasteiger partial charge is 0.123 e. The van der Waals surface area contributed by atoms with Gasteiger partial charge in [0.15, 0.2) is 0 Å². The molecule has 0 saturated heterocycles. The SMILES string of the molecule is Cc1cc(F)ccc1NC1CCCCCCCCCCC1. The van der Waals surface area contributed by atoms with Crippen LogP contribution >= 0.6 is 0 Å². The Bertz CT molecular complexity index is 404. The molecule has 118 valence electrons. The van der Waals surface area contributed by atoms with Gasteiger partial charge in [-0.15, -0.1) is 0 Å². The minimum atomic E-state index is -0.142. The minimum Gasteiger partial charge on any atom is -0.382 e. The lowest BCUT2D eigenvalue weighted by molar-refractivity contribution is 0.480. The van der Waals surface area contributed by atoms with E-state index in [2.05, 4.69) is 5.32 Å². The van der Waals surface area contributed by atoms with Gasteiger partial charge in [0.2, 0.25) is 0 Å². The van der Waals surface area contributed by atoms with Gasteiger partial charge in [-0.1, -0.05) is 57.8 Å². The van der Waals surface area contributed by atoms with Gasteiger partial charge in [-0.3, -0.25) is 0 Å². The highest BCUT2D eigenvalue weighted by atomic mass is 19.1. The van der Waals surface area contributed by atoms with Gasteiger partial charge in [0.05, 0.1) is 0 Å². The van der Waals surface area contributed by atoms with Crippen LogP contribution in [0.3, 0.4) is 0 Å². The van der Waals surface area contributed by atoms with Crippen molar-refractivity contribution in [2.24, 2.45) is 0 Å². The van der Waals surface area contributed by atoms with E-state index in [0.29, 0.717) is 6.04 Å². The summed E-state index contributed by atoms with van der Waals surface area (Å²) in [5.74, 6) is -0.142. The van der Waals surface area contributed by atoms with Gasteiger partial charge in [0.1, 0.15) is 5.82 Å². The topological polar surface area (TPSA) is 12.0 Å². The molecule has 2 rings (SSSR count). The van der Waals surface area contributed by atoms with Gasteiger partial charge in [-0.05, 0) is 43.5 Å². The third kappa shape index (κ3) is 6.07. The van der Waals surface area contributed by atoms with Gasteiger partial charge in [0, 0.05) is 11.7 Å². The van der Waals surface area contributed by atoms with Gasteiger partial charge < -0.3 is 5.32 Å². The maximum absolute atomic E-state index is 13.2. The second kappa shape index (κ2) is 9.07. The molecule has 0 heterocycles. The number of halogens is 1. The first-order chi connectivity index (χ1) is 10.3. The molecule has 0 aliphatic heterocycles. The molecule has 0 atom stereocenters. The first-order valence-electron chi connectivity index (χ1n) is 8.78. The first kappa shape index (κ1) is 16.3. The molecule has 1 fully saturated rings. The lowest BCUT2D eigenvalue weighted by Gasteiger charge is -2.22. The van der Waals surface area contributed by atoms with Crippen LogP contribution in [-0.4, -0.2) is 6.04 Å². The number of hydrogen-bond acceptors (Lipinski definition) is 1. The molecular formula is C19H30FN. The molecule has 1 saturated carbocycles. The van der Waals surface area contributed by atoms with E-state index in [0.717, 1.165) is 11.3 Å². The minimum absolute atomic E-state index is 0.142. The molecule has 0 spiro atoms. The summed E-state index contributed by atoms with van der Waals surface area (Å²) in [6.07, 6.45) is 14.9. The van der Waals surface area contributed by atoms with Crippen molar-refractivity contribution in [3.05, 3.63) is 29.6 Å². The molecule has 1 aliphatic rings. The summed E-state index contributed by atoms with van der Waals surface area (Å²) in [5.41, 5.74) is 2.12. The van der Waals surface area contributed by atoms with Gasteiger partial charge in [-0.2, -0.15) is 0 Å². The average molecular weight is 291 g/mol. The van der Waals surface area contributed by atoms with Crippen molar-refractivity contribution in [3.63, 3.8) is 0 Å². The van der Waals surface area contributed by atoms with Crippen molar-refractivity contribution in [2.75, 3.05) is 5.32 Å². The van der Waals surface area contributed by atoms with Gasteiger partial charge in [-0.25, -0.2) is 4.39 Å². The first-order valence-corrected chi connectivity index (χ1v) is 8.78. The van der Waals surface area contributed by atoms with E-state index in [1.165, 1.54) is 70.6 Å². The number of rotatable bonds is 2. The summed E-state index contributed by atoms with van der Waals surface area (Å²) >= 11 is 0. The number of benzene rings is 1. The summed E-state index contributed by atoms with van der Waals surface area (Å²) in [5, 5.41) is 3.66. The Morgan fingerprint density at radius 1 is 0.857 bits per heavy atom. The van der Waals surface area contributed by atoms with Gasteiger partial charge >= 0.3 is 0 Å². The fraction of sp³-hybridized carbons (Fsp3) is 0.684. The van der Waals surface area contributed by atoms with Crippen LogP contribution in [0.15, 0.2) is 18.2 Å². The Balaban J connectivity index is 1.90. The van der Waals surface area contributed by atoms with E-state index in [-0.39, 0.29) is 5.82 Å². The summed E-state index contributed by atoms with van der Waals surface area (Å²) in [7, 11) is 0. The molecule has 0 bridgehead atoms. The molecule has 0 unspecified atom stereocenters. The zero-order valence-corrected chi connectivity index (χ0v) is 13.5.